The topological polar surface area (TPSA) is 79.7 Å². The lowest BCUT2D eigenvalue weighted by Crippen LogP contribution is -2.53. The van der Waals surface area contributed by atoms with Gasteiger partial charge in [0.05, 0.1) is 21.8 Å². The van der Waals surface area contributed by atoms with E-state index in [1.54, 1.807) is 24.3 Å². The SMILES string of the molecule is CC1(CC(=O)O)Oc2ccccc2N(c2nc3c(Cl)ccc(F)c3s2)C1=O. The fraction of sp³-hybridized carbons (Fsp3) is 0.167. The number of carboxylic acid groups (broad SMARTS) is 1. The summed E-state index contributed by atoms with van der Waals surface area (Å²) >= 11 is 7.08. The summed E-state index contributed by atoms with van der Waals surface area (Å²) in [7, 11) is 0. The van der Waals surface area contributed by atoms with Crippen LogP contribution in [0.15, 0.2) is 36.4 Å². The van der Waals surface area contributed by atoms with Crippen molar-refractivity contribution in [2.45, 2.75) is 18.9 Å². The van der Waals surface area contributed by atoms with Gasteiger partial charge in [0, 0.05) is 0 Å². The lowest BCUT2D eigenvalue weighted by Gasteiger charge is -2.38. The Hall–Kier alpha value is -2.71. The van der Waals surface area contributed by atoms with Gasteiger partial charge >= 0.3 is 5.97 Å². The van der Waals surface area contributed by atoms with Crippen LogP contribution >= 0.6 is 22.9 Å². The molecule has 3 aromatic rings. The Bertz CT molecular complexity index is 1060. The highest BCUT2D eigenvalue weighted by Crippen LogP contribution is 2.45. The van der Waals surface area contributed by atoms with E-state index in [0.717, 1.165) is 11.3 Å². The van der Waals surface area contributed by atoms with Gasteiger partial charge in [0.15, 0.2) is 10.7 Å². The molecule has 1 amide bonds. The number of rotatable bonds is 3. The summed E-state index contributed by atoms with van der Waals surface area (Å²) in [6, 6.07) is 9.34. The maximum Gasteiger partial charge on any atom is 0.307 e. The molecule has 2 heterocycles. The van der Waals surface area contributed by atoms with Crippen LogP contribution in [0.1, 0.15) is 13.3 Å². The normalized spacial score (nSPS) is 19.1. The first-order valence-corrected chi connectivity index (χ1v) is 9.08. The molecule has 1 aliphatic rings. The predicted octanol–water partition coefficient (Wildman–Crippen LogP) is 4.38. The average Bonchev–Trinajstić information content (AvgIpc) is 3.05. The number of carbonyl (C=O) groups excluding carboxylic acids is 1. The number of anilines is 2. The van der Waals surface area contributed by atoms with E-state index < -0.39 is 29.7 Å². The average molecular weight is 407 g/mol. The number of para-hydroxylation sites is 2. The van der Waals surface area contributed by atoms with Crippen LogP contribution in [0.2, 0.25) is 5.02 Å². The van der Waals surface area contributed by atoms with E-state index >= 15 is 0 Å². The van der Waals surface area contributed by atoms with Gasteiger partial charge in [-0.05, 0) is 31.2 Å². The van der Waals surface area contributed by atoms with Crippen molar-refractivity contribution in [2.24, 2.45) is 0 Å². The molecule has 0 saturated heterocycles. The Kier molecular flexibility index (Phi) is 4.05. The second-order valence-electron chi connectivity index (χ2n) is 6.22. The van der Waals surface area contributed by atoms with Crippen molar-refractivity contribution in [3.05, 3.63) is 47.2 Å². The molecular weight excluding hydrogens is 395 g/mol. The van der Waals surface area contributed by atoms with E-state index in [1.165, 1.54) is 24.0 Å². The fourth-order valence-electron chi connectivity index (χ4n) is 2.98. The van der Waals surface area contributed by atoms with Crippen molar-refractivity contribution in [1.82, 2.24) is 4.98 Å². The third-order valence-corrected chi connectivity index (χ3v) is 5.57. The lowest BCUT2D eigenvalue weighted by molar-refractivity contribution is -0.148. The summed E-state index contributed by atoms with van der Waals surface area (Å²) in [5.74, 6) is -1.94. The van der Waals surface area contributed by atoms with Crippen LogP contribution in [0.25, 0.3) is 10.2 Å². The molecule has 1 N–H and O–H groups in total. The number of nitrogens with zero attached hydrogens (tertiary/aromatic N) is 2. The number of benzene rings is 2. The molecule has 9 heteroatoms. The highest BCUT2D eigenvalue weighted by Gasteiger charge is 2.47. The molecule has 138 valence electrons. The van der Waals surface area contributed by atoms with E-state index in [1.807, 2.05) is 0 Å². The maximum absolute atomic E-state index is 14.2. The monoisotopic (exact) mass is 406 g/mol. The molecule has 0 saturated carbocycles. The van der Waals surface area contributed by atoms with Gasteiger partial charge in [-0.15, -0.1) is 0 Å². The van der Waals surface area contributed by atoms with Gasteiger partial charge in [-0.3, -0.25) is 9.59 Å². The standard InChI is InChI=1S/C18H12ClFN2O4S/c1-18(8-13(23)24)16(25)22(11-4-2-3-5-12(11)26-18)17-21-14-9(19)6-7-10(20)15(14)27-17/h2-7H,8H2,1H3,(H,23,24). The number of ether oxygens (including phenoxy) is 1. The minimum atomic E-state index is -1.62. The second-order valence-corrected chi connectivity index (χ2v) is 7.60. The molecule has 2 aromatic carbocycles. The lowest BCUT2D eigenvalue weighted by atomic mass is 9.97. The number of halogens is 2. The molecule has 6 nitrogen and oxygen atoms in total. The van der Waals surface area contributed by atoms with Crippen LogP contribution in [-0.4, -0.2) is 27.6 Å². The van der Waals surface area contributed by atoms with Crippen molar-refractivity contribution in [3.8, 4) is 5.75 Å². The number of thiazole rings is 1. The van der Waals surface area contributed by atoms with Crippen LogP contribution in [0.3, 0.4) is 0 Å². The quantitative estimate of drug-likeness (QED) is 0.698. The van der Waals surface area contributed by atoms with Gasteiger partial charge < -0.3 is 9.84 Å². The summed E-state index contributed by atoms with van der Waals surface area (Å²) < 4.78 is 20.1. The highest BCUT2D eigenvalue weighted by molar-refractivity contribution is 7.22. The van der Waals surface area contributed by atoms with Crippen molar-refractivity contribution >= 4 is 55.8 Å². The number of amides is 1. The first-order valence-electron chi connectivity index (χ1n) is 7.89. The summed E-state index contributed by atoms with van der Waals surface area (Å²) in [5, 5.41) is 9.66. The summed E-state index contributed by atoms with van der Waals surface area (Å²) in [6.07, 6.45) is -0.531. The van der Waals surface area contributed by atoms with Crippen LogP contribution in [-0.2, 0) is 9.59 Å². The number of aliphatic carboxylic acids is 1. The third-order valence-electron chi connectivity index (χ3n) is 4.21. The number of carbonyl (C=O) groups is 2. The number of hydrogen-bond acceptors (Lipinski definition) is 5. The number of fused-ring (bicyclic) bond motifs is 2. The molecule has 1 atom stereocenters. The third kappa shape index (κ3) is 2.81. The summed E-state index contributed by atoms with van der Waals surface area (Å²) in [5.41, 5.74) is -0.977. The van der Waals surface area contributed by atoms with Gasteiger partial charge in [-0.1, -0.05) is 35.1 Å². The molecule has 0 aliphatic carbocycles. The van der Waals surface area contributed by atoms with Gasteiger partial charge in [0.25, 0.3) is 5.91 Å². The molecule has 1 aliphatic heterocycles. The zero-order valence-corrected chi connectivity index (χ0v) is 15.5. The van der Waals surface area contributed by atoms with E-state index in [4.69, 9.17) is 16.3 Å². The first kappa shape index (κ1) is 17.7. The molecule has 4 rings (SSSR count). The molecule has 0 bridgehead atoms. The van der Waals surface area contributed by atoms with E-state index in [2.05, 4.69) is 4.98 Å². The van der Waals surface area contributed by atoms with Crippen LogP contribution in [0.5, 0.6) is 5.75 Å². The molecule has 1 unspecified atom stereocenters. The van der Waals surface area contributed by atoms with Gasteiger partial charge in [-0.25, -0.2) is 14.3 Å². The number of carboxylic acids is 1. The Balaban J connectivity index is 1.93. The molecule has 0 radical (unpaired) electrons. The maximum atomic E-state index is 14.2. The molecule has 0 fully saturated rings. The number of aromatic nitrogens is 1. The van der Waals surface area contributed by atoms with E-state index in [-0.39, 0.29) is 20.4 Å². The Morgan fingerprint density at radius 2 is 2.11 bits per heavy atom. The van der Waals surface area contributed by atoms with Crippen molar-refractivity contribution < 1.29 is 23.8 Å². The van der Waals surface area contributed by atoms with E-state index in [9.17, 15) is 19.1 Å². The Labute approximate surface area is 161 Å². The molecule has 27 heavy (non-hydrogen) atoms. The second kappa shape index (κ2) is 6.17. The van der Waals surface area contributed by atoms with Crippen LogP contribution in [0, 0.1) is 5.82 Å². The van der Waals surface area contributed by atoms with Gasteiger partial charge in [-0.2, -0.15) is 0 Å². The molecular formula is C18H12ClFN2O4S. The van der Waals surface area contributed by atoms with E-state index in [0.29, 0.717) is 11.4 Å². The zero-order valence-electron chi connectivity index (χ0n) is 13.9. The molecule has 1 aromatic heterocycles. The van der Waals surface area contributed by atoms with Crippen LogP contribution < -0.4 is 9.64 Å². The van der Waals surface area contributed by atoms with Crippen molar-refractivity contribution in [3.63, 3.8) is 0 Å². The fourth-order valence-corrected chi connectivity index (χ4v) is 4.25. The minimum absolute atomic E-state index is 0.189. The Morgan fingerprint density at radius 3 is 2.81 bits per heavy atom. The first-order chi connectivity index (χ1) is 12.8. The summed E-state index contributed by atoms with van der Waals surface area (Å²) in [6.45, 7) is 1.41. The Morgan fingerprint density at radius 1 is 1.37 bits per heavy atom. The number of hydrogen-bond donors (Lipinski definition) is 1. The predicted molar refractivity (Wildman–Crippen MR) is 99.5 cm³/mol. The zero-order chi connectivity index (χ0) is 19.3. The molecule has 0 spiro atoms. The smallest absolute Gasteiger partial charge is 0.307 e. The van der Waals surface area contributed by atoms with Gasteiger partial charge in [0.2, 0.25) is 0 Å². The highest BCUT2D eigenvalue weighted by atomic mass is 35.5. The van der Waals surface area contributed by atoms with Crippen molar-refractivity contribution in [2.75, 3.05) is 4.90 Å². The minimum Gasteiger partial charge on any atom is -0.481 e. The van der Waals surface area contributed by atoms with Crippen LogP contribution in [0.4, 0.5) is 15.2 Å². The summed E-state index contributed by atoms with van der Waals surface area (Å²) in [4.78, 5) is 30.0. The van der Waals surface area contributed by atoms with Crippen molar-refractivity contribution in [1.29, 1.82) is 0 Å². The van der Waals surface area contributed by atoms with Gasteiger partial charge in [0.1, 0.15) is 17.1 Å². The largest absolute Gasteiger partial charge is 0.481 e.